The largest absolute Gasteiger partial charge is 0.321 e. The number of imidazole rings is 1. The Balaban J connectivity index is 1.98. The maximum absolute atomic E-state index is 12.5. The fourth-order valence-corrected chi connectivity index (χ4v) is 3.55. The average Bonchev–Trinajstić information content (AvgIpc) is 2.81. The monoisotopic (exact) mass is 339 g/mol. The van der Waals surface area contributed by atoms with Gasteiger partial charge in [0.1, 0.15) is 5.69 Å². The molecule has 4 nitrogen and oxygen atoms in total. The number of thiazole rings is 1. The Morgan fingerprint density at radius 1 is 1.24 bits per heavy atom. The van der Waals surface area contributed by atoms with Gasteiger partial charge in [-0.1, -0.05) is 23.2 Å². The molecule has 3 rings (SSSR count). The van der Waals surface area contributed by atoms with Crippen LogP contribution in [0.25, 0.3) is 4.96 Å². The molecule has 7 heteroatoms. The molecule has 0 spiro atoms. The highest BCUT2D eigenvalue weighted by molar-refractivity contribution is 7.17. The Labute approximate surface area is 135 Å². The van der Waals surface area contributed by atoms with Crippen LogP contribution in [0, 0.1) is 13.8 Å². The number of fused-ring (bicyclic) bond motifs is 1. The molecular weight excluding hydrogens is 329 g/mol. The summed E-state index contributed by atoms with van der Waals surface area (Å²) in [5.74, 6) is -0.240. The predicted molar refractivity (Wildman–Crippen MR) is 87.0 cm³/mol. The summed E-state index contributed by atoms with van der Waals surface area (Å²) in [6.45, 7) is 3.79. The minimum Gasteiger partial charge on any atom is -0.321 e. The van der Waals surface area contributed by atoms with Gasteiger partial charge in [-0.25, -0.2) is 4.98 Å². The molecule has 2 heterocycles. The Bertz CT molecular complexity index is 833. The Hall–Kier alpha value is -1.56. The first-order valence-electron chi connectivity index (χ1n) is 6.16. The SMILES string of the molecule is Cc1cn2c(C(=O)Nc3cc(Cl)cc(Cl)c3)c(C)nc2s1. The van der Waals surface area contributed by atoms with Crippen molar-refractivity contribution in [3.8, 4) is 0 Å². The number of carbonyl (C=O) groups excluding carboxylic acids is 1. The van der Waals surface area contributed by atoms with E-state index in [9.17, 15) is 4.79 Å². The summed E-state index contributed by atoms with van der Waals surface area (Å²) < 4.78 is 1.80. The van der Waals surface area contributed by atoms with Crippen molar-refractivity contribution in [1.82, 2.24) is 9.38 Å². The minimum absolute atomic E-state index is 0.240. The van der Waals surface area contributed by atoms with Gasteiger partial charge in [-0.05, 0) is 32.0 Å². The summed E-state index contributed by atoms with van der Waals surface area (Å²) >= 11 is 13.4. The normalized spacial score (nSPS) is 11.0. The van der Waals surface area contributed by atoms with E-state index < -0.39 is 0 Å². The highest BCUT2D eigenvalue weighted by Gasteiger charge is 2.18. The summed E-state index contributed by atoms with van der Waals surface area (Å²) in [5.41, 5.74) is 1.76. The number of halogens is 2. The van der Waals surface area contributed by atoms with Crippen LogP contribution >= 0.6 is 34.5 Å². The van der Waals surface area contributed by atoms with E-state index in [1.165, 1.54) is 0 Å². The van der Waals surface area contributed by atoms with Crippen LogP contribution in [0.3, 0.4) is 0 Å². The number of hydrogen-bond donors (Lipinski definition) is 1. The van der Waals surface area contributed by atoms with E-state index in [4.69, 9.17) is 23.2 Å². The molecule has 0 bridgehead atoms. The lowest BCUT2D eigenvalue weighted by molar-refractivity contribution is 0.102. The number of anilines is 1. The molecule has 0 saturated heterocycles. The van der Waals surface area contributed by atoms with Crippen molar-refractivity contribution in [2.24, 2.45) is 0 Å². The molecule has 1 N–H and O–H groups in total. The van der Waals surface area contributed by atoms with E-state index >= 15 is 0 Å². The molecule has 21 heavy (non-hydrogen) atoms. The molecule has 1 aromatic carbocycles. The van der Waals surface area contributed by atoms with E-state index in [0.717, 1.165) is 9.84 Å². The van der Waals surface area contributed by atoms with Gasteiger partial charge in [0.15, 0.2) is 4.96 Å². The zero-order valence-electron chi connectivity index (χ0n) is 11.3. The number of benzene rings is 1. The molecule has 0 unspecified atom stereocenters. The number of nitrogens with zero attached hydrogens (tertiary/aromatic N) is 2. The molecule has 2 aromatic heterocycles. The van der Waals surface area contributed by atoms with Gasteiger partial charge >= 0.3 is 0 Å². The summed E-state index contributed by atoms with van der Waals surface area (Å²) in [5, 5.41) is 3.75. The highest BCUT2D eigenvalue weighted by Crippen LogP contribution is 2.25. The number of aryl methyl sites for hydroxylation is 2. The number of carbonyl (C=O) groups is 1. The fraction of sp³-hybridized carbons (Fsp3) is 0.143. The maximum atomic E-state index is 12.5. The molecule has 0 aliphatic carbocycles. The lowest BCUT2D eigenvalue weighted by Crippen LogP contribution is -2.15. The molecule has 0 radical (unpaired) electrons. The minimum atomic E-state index is -0.240. The van der Waals surface area contributed by atoms with Gasteiger partial charge in [0.25, 0.3) is 5.91 Å². The lowest BCUT2D eigenvalue weighted by Gasteiger charge is -2.06. The van der Waals surface area contributed by atoms with E-state index in [1.807, 2.05) is 20.0 Å². The van der Waals surface area contributed by atoms with Gasteiger partial charge < -0.3 is 5.32 Å². The third kappa shape index (κ3) is 2.77. The quantitative estimate of drug-likeness (QED) is 0.743. The van der Waals surface area contributed by atoms with E-state index in [2.05, 4.69) is 10.3 Å². The average molecular weight is 340 g/mol. The second kappa shape index (κ2) is 5.33. The van der Waals surface area contributed by atoms with Gasteiger partial charge in [-0.2, -0.15) is 0 Å². The topological polar surface area (TPSA) is 46.4 Å². The second-order valence-electron chi connectivity index (χ2n) is 4.65. The van der Waals surface area contributed by atoms with Crippen LogP contribution in [0.1, 0.15) is 21.1 Å². The van der Waals surface area contributed by atoms with Crippen LogP contribution in [0.5, 0.6) is 0 Å². The maximum Gasteiger partial charge on any atom is 0.274 e. The standard InChI is InChI=1S/C14H11Cl2N3OS/c1-7-6-19-12(8(2)17-14(19)21-7)13(20)18-11-4-9(15)3-10(16)5-11/h3-6H,1-2H3,(H,18,20). The summed E-state index contributed by atoms with van der Waals surface area (Å²) in [6, 6.07) is 4.92. The molecule has 0 saturated carbocycles. The van der Waals surface area contributed by atoms with Crippen molar-refractivity contribution in [2.75, 3.05) is 5.32 Å². The van der Waals surface area contributed by atoms with Gasteiger partial charge in [0, 0.05) is 26.8 Å². The van der Waals surface area contributed by atoms with Gasteiger partial charge in [0.2, 0.25) is 0 Å². The van der Waals surface area contributed by atoms with Crippen molar-refractivity contribution < 1.29 is 4.79 Å². The lowest BCUT2D eigenvalue weighted by atomic mass is 10.3. The molecule has 3 aromatic rings. The zero-order chi connectivity index (χ0) is 15.1. The summed E-state index contributed by atoms with van der Waals surface area (Å²) in [4.78, 5) is 18.8. The third-order valence-corrected chi connectivity index (χ3v) is 4.29. The molecular formula is C14H11Cl2N3OS. The molecule has 108 valence electrons. The Morgan fingerprint density at radius 3 is 2.57 bits per heavy atom. The fourth-order valence-electron chi connectivity index (χ4n) is 2.15. The molecule has 0 aliphatic heterocycles. The number of hydrogen-bond acceptors (Lipinski definition) is 3. The second-order valence-corrected chi connectivity index (χ2v) is 6.74. The molecule has 0 aliphatic rings. The molecule has 0 atom stereocenters. The van der Waals surface area contributed by atoms with Crippen molar-refractivity contribution in [3.05, 3.63) is 50.7 Å². The highest BCUT2D eigenvalue weighted by atomic mass is 35.5. The van der Waals surface area contributed by atoms with E-state index in [-0.39, 0.29) is 5.91 Å². The molecule has 1 amide bonds. The predicted octanol–water partition coefficient (Wildman–Crippen LogP) is 4.57. The van der Waals surface area contributed by atoms with Crippen molar-refractivity contribution in [3.63, 3.8) is 0 Å². The van der Waals surface area contributed by atoms with Crippen molar-refractivity contribution >= 4 is 51.1 Å². The third-order valence-electron chi connectivity index (χ3n) is 2.95. The zero-order valence-corrected chi connectivity index (χ0v) is 13.6. The van der Waals surface area contributed by atoms with Crippen molar-refractivity contribution in [2.45, 2.75) is 13.8 Å². The van der Waals surface area contributed by atoms with Crippen molar-refractivity contribution in [1.29, 1.82) is 0 Å². The molecule has 0 fully saturated rings. The first kappa shape index (κ1) is 14.4. The Kier molecular flexibility index (Phi) is 3.65. The summed E-state index contributed by atoms with van der Waals surface area (Å²) in [7, 11) is 0. The number of aromatic nitrogens is 2. The van der Waals surface area contributed by atoms with E-state index in [1.54, 1.807) is 33.9 Å². The number of nitrogens with one attached hydrogen (secondary N) is 1. The first-order valence-corrected chi connectivity index (χ1v) is 7.74. The van der Waals surface area contributed by atoms with E-state index in [0.29, 0.717) is 27.1 Å². The van der Waals surface area contributed by atoms with Crippen LogP contribution in [-0.2, 0) is 0 Å². The van der Waals surface area contributed by atoms with Crippen LogP contribution < -0.4 is 5.32 Å². The summed E-state index contributed by atoms with van der Waals surface area (Å²) in [6.07, 6.45) is 1.90. The van der Waals surface area contributed by atoms with Crippen LogP contribution in [0.2, 0.25) is 10.0 Å². The number of rotatable bonds is 2. The van der Waals surface area contributed by atoms with Gasteiger partial charge in [-0.15, -0.1) is 11.3 Å². The van der Waals surface area contributed by atoms with Crippen LogP contribution in [0.15, 0.2) is 24.4 Å². The number of amides is 1. The van der Waals surface area contributed by atoms with Gasteiger partial charge in [0.05, 0.1) is 5.69 Å². The first-order chi connectivity index (χ1) is 9.94. The van der Waals surface area contributed by atoms with Crippen LogP contribution in [0.4, 0.5) is 5.69 Å². The Morgan fingerprint density at radius 2 is 1.90 bits per heavy atom. The van der Waals surface area contributed by atoms with Gasteiger partial charge in [-0.3, -0.25) is 9.20 Å². The smallest absolute Gasteiger partial charge is 0.274 e. The van der Waals surface area contributed by atoms with Crippen LogP contribution in [-0.4, -0.2) is 15.3 Å².